The minimum Gasteiger partial charge on any atom is -0.478 e. The number of benzene rings is 1. The van der Waals surface area contributed by atoms with Gasteiger partial charge >= 0.3 is 17.9 Å². The van der Waals surface area contributed by atoms with E-state index in [-0.39, 0.29) is 11.3 Å². The molecule has 1 aromatic carbocycles. The van der Waals surface area contributed by atoms with Crippen LogP contribution in [0.4, 0.5) is 0 Å². The lowest BCUT2D eigenvalue weighted by Gasteiger charge is -2.03. The third kappa shape index (κ3) is 13.8. The summed E-state index contributed by atoms with van der Waals surface area (Å²) in [7, 11) is 0. The Morgan fingerprint density at radius 1 is 1.09 bits per heavy atom. The molecule has 0 aromatic heterocycles. The maximum absolute atomic E-state index is 10.6. The van der Waals surface area contributed by atoms with E-state index in [0.717, 1.165) is 12.2 Å². The van der Waals surface area contributed by atoms with Crippen LogP contribution >= 0.6 is 11.6 Å². The summed E-state index contributed by atoms with van der Waals surface area (Å²) in [6.07, 6.45) is 1.88. The molecule has 0 radical (unpaired) electrons. The van der Waals surface area contributed by atoms with E-state index < -0.39 is 23.2 Å². The highest BCUT2D eigenvalue weighted by Crippen LogP contribution is 2.17. The van der Waals surface area contributed by atoms with Crippen LogP contribution in [0.5, 0.6) is 5.75 Å². The molecule has 0 aliphatic heterocycles. The predicted molar refractivity (Wildman–Crippen MR) is 83.6 cm³/mol. The van der Waals surface area contributed by atoms with Crippen LogP contribution in [0.1, 0.15) is 17.3 Å². The Bertz CT molecular complexity index is 575. The summed E-state index contributed by atoms with van der Waals surface area (Å²) in [5.41, 5.74) is -0.0160. The fourth-order valence-electron chi connectivity index (χ4n) is 0.887. The smallest absolute Gasteiger partial charge is 0.339 e. The van der Waals surface area contributed by atoms with Crippen molar-refractivity contribution in [2.75, 3.05) is 0 Å². The molecule has 0 aliphatic carbocycles. The van der Waals surface area contributed by atoms with E-state index in [2.05, 4.69) is 17.9 Å². The normalized spacial score (nSPS) is 8.09. The van der Waals surface area contributed by atoms with Crippen LogP contribution in [-0.2, 0) is 14.4 Å². The second-order valence-corrected chi connectivity index (χ2v) is 3.82. The maximum atomic E-state index is 10.6. The number of para-hydroxylation sites is 1. The fourth-order valence-corrected chi connectivity index (χ4v) is 0.887. The van der Waals surface area contributed by atoms with Crippen LogP contribution < -0.4 is 4.74 Å². The highest BCUT2D eigenvalue weighted by Gasteiger charge is 2.10. The van der Waals surface area contributed by atoms with E-state index >= 15 is 0 Å². The molecule has 23 heavy (non-hydrogen) atoms. The molecule has 1 rings (SSSR count). The summed E-state index contributed by atoms with van der Waals surface area (Å²) >= 11 is 4.71. The first kappa shape index (κ1) is 22.4. The molecule has 8 heteroatoms. The number of carbonyl (C=O) groups is 4. The summed E-state index contributed by atoms with van der Waals surface area (Å²) in [6, 6.07) is 5.98. The summed E-state index contributed by atoms with van der Waals surface area (Å²) in [5, 5.41) is 15.8. The molecule has 7 nitrogen and oxygen atoms in total. The molecule has 0 aliphatic rings. The molecule has 1 aromatic rings. The minimum atomic E-state index is -1.11. The van der Waals surface area contributed by atoms with E-state index in [1.54, 1.807) is 12.1 Å². The van der Waals surface area contributed by atoms with Gasteiger partial charge in [0.25, 0.3) is 0 Å². The number of allylic oxidation sites excluding steroid dienone is 1. The van der Waals surface area contributed by atoms with E-state index in [4.69, 9.17) is 21.8 Å². The van der Waals surface area contributed by atoms with Crippen LogP contribution in [0.2, 0.25) is 0 Å². The van der Waals surface area contributed by atoms with Crippen LogP contribution in [0.15, 0.2) is 49.6 Å². The van der Waals surface area contributed by atoms with Gasteiger partial charge in [0.15, 0.2) is 0 Å². The molecule has 2 N–H and O–H groups in total. The van der Waals surface area contributed by atoms with Crippen LogP contribution in [0.3, 0.4) is 0 Å². The van der Waals surface area contributed by atoms with Crippen LogP contribution in [0.25, 0.3) is 0 Å². The summed E-state index contributed by atoms with van der Waals surface area (Å²) in [4.78, 5) is 39.9. The van der Waals surface area contributed by atoms with Gasteiger partial charge in [0, 0.05) is 13.0 Å². The van der Waals surface area contributed by atoms with Crippen molar-refractivity contribution in [2.24, 2.45) is 0 Å². The molecular weight excluding hydrogens is 328 g/mol. The van der Waals surface area contributed by atoms with Gasteiger partial charge in [-0.05, 0) is 29.8 Å². The van der Waals surface area contributed by atoms with Gasteiger partial charge < -0.3 is 14.9 Å². The van der Waals surface area contributed by atoms with Crippen molar-refractivity contribution in [3.8, 4) is 5.75 Å². The second kappa shape index (κ2) is 12.8. The van der Waals surface area contributed by atoms with Crippen molar-refractivity contribution in [2.45, 2.75) is 6.92 Å². The predicted octanol–water partition coefficient (Wildman–Crippen LogP) is 2.50. The van der Waals surface area contributed by atoms with Gasteiger partial charge in [-0.1, -0.05) is 25.3 Å². The number of esters is 1. The van der Waals surface area contributed by atoms with Gasteiger partial charge in [-0.3, -0.25) is 9.59 Å². The van der Waals surface area contributed by atoms with Crippen molar-refractivity contribution in [3.05, 3.63) is 55.1 Å². The Hall–Kier alpha value is -2.93. The number of aromatic carboxylic acids is 1. The molecule has 0 bridgehead atoms. The number of hydrogen-bond donors (Lipinski definition) is 2. The Morgan fingerprint density at radius 2 is 1.52 bits per heavy atom. The monoisotopic (exact) mass is 342 g/mol. The fraction of sp³-hybridized carbons (Fsp3) is 0.0667. The van der Waals surface area contributed by atoms with Gasteiger partial charge in [0.1, 0.15) is 11.3 Å². The number of halogens is 1. The molecule has 0 heterocycles. The van der Waals surface area contributed by atoms with Gasteiger partial charge in [0.2, 0.25) is 5.24 Å². The first-order chi connectivity index (χ1) is 10.6. The third-order valence-electron chi connectivity index (χ3n) is 1.71. The van der Waals surface area contributed by atoms with Gasteiger partial charge in [-0.2, -0.15) is 0 Å². The zero-order valence-corrected chi connectivity index (χ0v) is 12.9. The second-order valence-electron chi connectivity index (χ2n) is 3.45. The Kier molecular flexibility index (Phi) is 12.4. The number of carbonyl (C=O) groups excluding carboxylic acids is 2. The van der Waals surface area contributed by atoms with E-state index in [9.17, 15) is 19.2 Å². The van der Waals surface area contributed by atoms with Gasteiger partial charge in [-0.25, -0.2) is 9.59 Å². The lowest BCUT2D eigenvalue weighted by Crippen LogP contribution is -2.06. The van der Waals surface area contributed by atoms with Gasteiger partial charge in [0.05, 0.1) is 0 Å². The average Bonchev–Trinajstić information content (AvgIpc) is 2.48. The largest absolute Gasteiger partial charge is 0.478 e. The van der Waals surface area contributed by atoms with Crippen LogP contribution in [0, 0.1) is 0 Å². The van der Waals surface area contributed by atoms with Crippen LogP contribution in [-0.4, -0.2) is 33.4 Å². The topological polar surface area (TPSA) is 118 Å². The van der Waals surface area contributed by atoms with Crippen molar-refractivity contribution in [3.63, 3.8) is 0 Å². The molecule has 0 spiro atoms. The zero-order valence-electron chi connectivity index (χ0n) is 12.2. The number of rotatable bonds is 4. The lowest BCUT2D eigenvalue weighted by molar-refractivity contribution is -0.132. The number of ether oxygens (including phenoxy) is 1. The number of aliphatic carboxylic acids is 1. The number of carboxylic acids is 2. The molecule has 0 atom stereocenters. The SMILES string of the molecule is C=CC(=O)Cl.C=CC(=O)O.CC(=O)Oc1ccccc1C(=O)O. The van der Waals surface area contributed by atoms with Crippen molar-refractivity contribution in [1.29, 1.82) is 0 Å². The highest BCUT2D eigenvalue weighted by atomic mass is 35.5. The van der Waals surface area contributed by atoms with E-state index in [0.29, 0.717) is 0 Å². The quantitative estimate of drug-likeness (QED) is 0.373. The maximum Gasteiger partial charge on any atom is 0.339 e. The molecule has 0 saturated heterocycles. The van der Waals surface area contributed by atoms with Gasteiger partial charge in [-0.15, -0.1) is 0 Å². The van der Waals surface area contributed by atoms with Crippen molar-refractivity contribution < 1.29 is 34.1 Å². The summed E-state index contributed by atoms with van der Waals surface area (Å²) in [6.45, 7) is 7.26. The highest BCUT2D eigenvalue weighted by molar-refractivity contribution is 6.66. The van der Waals surface area contributed by atoms with Crippen molar-refractivity contribution >= 4 is 34.8 Å². The molecule has 124 valence electrons. The molecule has 0 unspecified atom stereocenters. The zero-order chi connectivity index (χ0) is 18.4. The molecule has 0 amide bonds. The Balaban J connectivity index is 0. The molecule has 0 saturated carbocycles. The molecular formula is C15H15ClO7. The lowest BCUT2D eigenvalue weighted by atomic mass is 10.2. The first-order valence-corrected chi connectivity index (χ1v) is 6.21. The van der Waals surface area contributed by atoms with E-state index in [1.807, 2.05) is 0 Å². The molecule has 0 fully saturated rings. The number of hydrogen-bond acceptors (Lipinski definition) is 5. The Morgan fingerprint density at radius 3 is 1.83 bits per heavy atom. The standard InChI is InChI=1S/C9H8O4.C3H3ClO.C3H4O2/c1-6(10)13-8-5-3-2-4-7(8)9(11)12;2*1-2-3(4)5/h2-5H,1H3,(H,11,12);2H,1H2;2H,1H2,(H,4,5). The Labute approximate surface area is 137 Å². The summed E-state index contributed by atoms with van der Waals surface area (Å²) in [5.74, 6) is -2.56. The van der Waals surface area contributed by atoms with Crippen molar-refractivity contribution in [1.82, 2.24) is 0 Å². The number of carboxylic acid groups (broad SMARTS) is 2. The third-order valence-corrected chi connectivity index (χ3v) is 1.86. The first-order valence-electron chi connectivity index (χ1n) is 5.83. The minimum absolute atomic E-state index is 0.0160. The van der Waals surface area contributed by atoms with E-state index in [1.165, 1.54) is 19.1 Å². The average molecular weight is 343 g/mol. The summed E-state index contributed by atoms with van der Waals surface area (Å²) < 4.78 is 4.69.